The average Bonchev–Trinajstić information content (AvgIpc) is 4.15. The number of carbonyl (C=O) groups excluding carboxylic acids is 1. The van der Waals surface area contributed by atoms with E-state index >= 15 is 0 Å². The Balaban J connectivity index is 1.54. The Labute approximate surface area is 441 Å². The lowest BCUT2D eigenvalue weighted by molar-refractivity contribution is 0.112. The molecule has 0 radical (unpaired) electrons. The highest BCUT2D eigenvalue weighted by Gasteiger charge is 2.29. The molecule has 0 saturated heterocycles. The molecule has 0 amide bonds. The summed E-state index contributed by atoms with van der Waals surface area (Å²) in [6, 6.07) is 40.2. The van der Waals surface area contributed by atoms with Gasteiger partial charge in [0.1, 0.15) is 0 Å². The van der Waals surface area contributed by atoms with Crippen molar-refractivity contribution in [2.45, 2.75) is 157 Å². The maximum absolute atomic E-state index is 13.9. The number of aldehydes is 1. The van der Waals surface area contributed by atoms with Gasteiger partial charge in [-0.15, -0.1) is 0 Å². The monoisotopic (exact) mass is 979 g/mol. The molecule has 0 saturated carbocycles. The van der Waals surface area contributed by atoms with Crippen molar-refractivity contribution in [1.29, 1.82) is 0 Å². The molecule has 2 N–H and O–H groups in total. The molecule has 2 aliphatic rings. The zero-order chi connectivity index (χ0) is 53.7. The summed E-state index contributed by atoms with van der Waals surface area (Å²) in [5.41, 5.74) is 21.8. The molecule has 8 bridgehead atoms. The third-order valence-corrected chi connectivity index (χ3v) is 15.0. The molecule has 0 fully saturated rings. The first kappa shape index (κ1) is 52.0. The zero-order valence-corrected chi connectivity index (χ0v) is 47.5. The maximum Gasteiger partial charge on any atom is 0.154 e. The van der Waals surface area contributed by atoms with Gasteiger partial charge in [-0.1, -0.05) is 210 Å². The van der Waals surface area contributed by atoms with Crippen LogP contribution in [0.4, 0.5) is 0 Å². The van der Waals surface area contributed by atoms with Crippen LogP contribution >= 0.6 is 0 Å². The highest BCUT2D eigenvalue weighted by molar-refractivity contribution is 6.05. The topological polar surface area (TPSA) is 74.4 Å². The van der Waals surface area contributed by atoms with Crippen LogP contribution < -0.4 is 0 Å². The van der Waals surface area contributed by atoms with Crippen LogP contribution in [-0.2, 0) is 32.5 Å². The van der Waals surface area contributed by atoms with Crippen LogP contribution in [0.1, 0.15) is 197 Å². The molecule has 4 aromatic carbocycles. The van der Waals surface area contributed by atoms with Gasteiger partial charge in [-0.25, -0.2) is 9.97 Å². The lowest BCUT2D eigenvalue weighted by Crippen LogP contribution is -2.16. The van der Waals surface area contributed by atoms with Gasteiger partial charge in [0.15, 0.2) is 6.29 Å². The number of aromatic amines is 2. The van der Waals surface area contributed by atoms with Crippen LogP contribution in [0, 0.1) is 0 Å². The molecule has 5 nitrogen and oxygen atoms in total. The first-order valence-corrected chi connectivity index (χ1v) is 26.6. The summed E-state index contributed by atoms with van der Waals surface area (Å²) in [4.78, 5) is 33.2. The highest BCUT2D eigenvalue weighted by Crippen LogP contribution is 2.44. The number of rotatable bonds is 5. The largest absolute Gasteiger partial charge is 0.354 e. The Morgan fingerprint density at radius 2 is 0.689 bits per heavy atom. The minimum atomic E-state index is -0.136. The standard InChI is InChI=1S/C69H78N4O/c1-64(2,3)45-30-42(31-46(36-45)65(4,5)6)60-54-25-24-53(70-54)52(40-74)63-51(41-22-20-19-21-23-41)39-59(73-63)62(44-34-49(68(13,14)15)38-50(35-44)69(16,17)18)58-29-28-57(72-58)61(56-27-26-55(60)71-56)43-32-47(66(7,8)9)37-48(33-43)67(10,11)12/h19-40,70,72H,1-18H3. The van der Waals surface area contributed by atoms with Gasteiger partial charge in [0.2, 0.25) is 0 Å². The van der Waals surface area contributed by atoms with Crippen molar-refractivity contribution >= 4 is 52.2 Å². The van der Waals surface area contributed by atoms with Crippen molar-refractivity contribution in [1.82, 2.24) is 19.9 Å². The third kappa shape index (κ3) is 10.2. The molecule has 0 atom stereocenters. The maximum atomic E-state index is 13.9. The summed E-state index contributed by atoms with van der Waals surface area (Å²) < 4.78 is 0. The summed E-state index contributed by atoms with van der Waals surface area (Å²) in [5, 5.41) is 0. The van der Waals surface area contributed by atoms with E-state index in [0.29, 0.717) is 16.8 Å². The van der Waals surface area contributed by atoms with Crippen LogP contribution in [0.2, 0.25) is 0 Å². The lowest BCUT2D eigenvalue weighted by atomic mass is 9.78. The van der Waals surface area contributed by atoms with Gasteiger partial charge in [-0.05, 0) is 131 Å². The normalized spacial score (nSPS) is 13.6. The van der Waals surface area contributed by atoms with Gasteiger partial charge in [0, 0.05) is 38.8 Å². The SMILES string of the molecule is CC(C)(C)c1cc(-c2c3nc(c(-c4cc(C(C)(C)C)cc(C(C)(C)C)c4)c4ccc([nH]4)c(-c4cc(C(C)(C)C)cc(C(C)(C)C)c4)c4nc(c(C=O)c5ccc2[nH]5)C(c2ccccc2)=C4)C=C3)cc(C(C)(C)C)c1. The van der Waals surface area contributed by atoms with E-state index in [0.717, 1.165) is 84.4 Å². The Bertz CT molecular complexity index is 3510. The molecule has 380 valence electrons. The van der Waals surface area contributed by atoms with Crippen molar-refractivity contribution in [3.63, 3.8) is 0 Å². The minimum Gasteiger partial charge on any atom is -0.354 e. The summed E-state index contributed by atoms with van der Waals surface area (Å²) in [6.07, 6.45) is 7.53. The van der Waals surface area contributed by atoms with E-state index in [1.807, 2.05) is 12.1 Å². The predicted molar refractivity (Wildman–Crippen MR) is 317 cm³/mol. The van der Waals surface area contributed by atoms with Gasteiger partial charge in [-0.3, -0.25) is 4.79 Å². The number of hydrogen-bond acceptors (Lipinski definition) is 3. The molecule has 0 spiro atoms. The molecule has 5 heterocycles. The van der Waals surface area contributed by atoms with Gasteiger partial charge in [0.25, 0.3) is 0 Å². The van der Waals surface area contributed by atoms with E-state index < -0.39 is 0 Å². The molecule has 0 unspecified atom stereocenters. The predicted octanol–water partition coefficient (Wildman–Crippen LogP) is 18.7. The lowest BCUT2D eigenvalue weighted by Gasteiger charge is -2.26. The Morgan fingerprint density at radius 3 is 1.03 bits per heavy atom. The van der Waals surface area contributed by atoms with E-state index in [1.165, 1.54) is 33.4 Å². The second kappa shape index (κ2) is 18.2. The Morgan fingerprint density at radius 1 is 0.365 bits per heavy atom. The quantitative estimate of drug-likeness (QED) is 0.169. The second-order valence-corrected chi connectivity index (χ2v) is 27.1. The zero-order valence-electron chi connectivity index (χ0n) is 47.5. The van der Waals surface area contributed by atoms with Crippen LogP contribution in [0.25, 0.3) is 79.2 Å². The molecule has 9 rings (SSSR count). The average molecular weight is 979 g/mol. The first-order chi connectivity index (χ1) is 34.4. The number of H-pyrrole nitrogens is 2. The molecule has 0 aliphatic carbocycles. The van der Waals surface area contributed by atoms with Gasteiger partial charge in [-0.2, -0.15) is 0 Å². The van der Waals surface area contributed by atoms with E-state index in [4.69, 9.17) is 9.97 Å². The second-order valence-electron chi connectivity index (χ2n) is 27.1. The number of carbonyl (C=O) groups is 1. The molecule has 5 heteroatoms. The molecule has 74 heavy (non-hydrogen) atoms. The van der Waals surface area contributed by atoms with Crippen molar-refractivity contribution in [2.75, 3.05) is 0 Å². The van der Waals surface area contributed by atoms with E-state index in [-0.39, 0.29) is 32.5 Å². The van der Waals surface area contributed by atoms with Crippen LogP contribution in [0.5, 0.6) is 0 Å². The van der Waals surface area contributed by atoms with Crippen LogP contribution in [-0.4, -0.2) is 26.2 Å². The molecular formula is C69H78N4O. The fourth-order valence-electron chi connectivity index (χ4n) is 10.1. The smallest absolute Gasteiger partial charge is 0.154 e. The minimum absolute atomic E-state index is 0.117. The van der Waals surface area contributed by atoms with Gasteiger partial charge >= 0.3 is 0 Å². The summed E-state index contributed by atoms with van der Waals surface area (Å²) in [7, 11) is 0. The van der Waals surface area contributed by atoms with Crippen molar-refractivity contribution < 1.29 is 4.79 Å². The van der Waals surface area contributed by atoms with E-state index in [1.54, 1.807) is 0 Å². The highest BCUT2D eigenvalue weighted by atomic mass is 16.1. The van der Waals surface area contributed by atoms with Crippen molar-refractivity contribution in [3.8, 4) is 33.4 Å². The van der Waals surface area contributed by atoms with Crippen LogP contribution in [0.3, 0.4) is 0 Å². The summed E-state index contributed by atoms with van der Waals surface area (Å²) in [5.74, 6) is 0. The first-order valence-electron chi connectivity index (χ1n) is 26.6. The number of nitrogens with one attached hydrogen (secondary N) is 2. The number of benzene rings is 4. The van der Waals surface area contributed by atoms with Gasteiger partial charge in [0.05, 0.1) is 33.9 Å². The fraction of sp³-hybridized carbons (Fsp3) is 0.348. The van der Waals surface area contributed by atoms with Crippen LogP contribution in [0.15, 0.2) is 109 Å². The fourth-order valence-corrected chi connectivity index (χ4v) is 10.1. The van der Waals surface area contributed by atoms with Crippen molar-refractivity contribution in [2.24, 2.45) is 0 Å². The summed E-state index contributed by atoms with van der Waals surface area (Å²) in [6.45, 7) is 41.2. The van der Waals surface area contributed by atoms with Crippen molar-refractivity contribution in [3.05, 3.63) is 176 Å². The summed E-state index contributed by atoms with van der Waals surface area (Å²) >= 11 is 0. The Hall–Kier alpha value is -6.85. The third-order valence-electron chi connectivity index (χ3n) is 15.0. The number of hydrogen-bond donors (Lipinski definition) is 2. The Kier molecular flexibility index (Phi) is 12.8. The van der Waals surface area contributed by atoms with E-state index in [2.05, 4.69) is 250 Å². The molecular weight excluding hydrogens is 901 g/mol. The van der Waals surface area contributed by atoms with Gasteiger partial charge < -0.3 is 9.97 Å². The molecule has 7 aromatic rings. The number of nitrogens with zero attached hydrogens (tertiary/aromatic N) is 2. The number of fused-ring (bicyclic) bond motifs is 8. The number of aromatic nitrogens is 4. The van der Waals surface area contributed by atoms with E-state index in [9.17, 15) is 4.79 Å². The molecule has 2 aliphatic heterocycles. The molecule has 3 aromatic heterocycles.